The van der Waals surface area contributed by atoms with Crippen LogP contribution in [0.3, 0.4) is 0 Å². The van der Waals surface area contributed by atoms with Crippen LogP contribution in [0.25, 0.3) is 0 Å². The van der Waals surface area contributed by atoms with E-state index < -0.39 is 0 Å². The van der Waals surface area contributed by atoms with Crippen LogP contribution < -0.4 is 5.48 Å². The normalized spacial score (nSPS) is 15.4. The fourth-order valence-electron chi connectivity index (χ4n) is 4.07. The summed E-state index contributed by atoms with van der Waals surface area (Å²) >= 11 is 0. The number of aromatic nitrogens is 2. The molecule has 2 heterocycles. The molecule has 1 aromatic heterocycles. The van der Waals surface area contributed by atoms with Crippen LogP contribution in [-0.2, 0) is 9.57 Å². The highest BCUT2D eigenvalue weighted by Crippen LogP contribution is 2.33. The number of hydrogen-bond acceptors (Lipinski definition) is 5. The van der Waals surface area contributed by atoms with Crippen molar-refractivity contribution in [3.8, 4) is 0 Å². The molecule has 2 aromatic carbocycles. The Bertz CT molecular complexity index is 1030. The highest BCUT2D eigenvalue weighted by Gasteiger charge is 2.21. The molecule has 0 radical (unpaired) electrons. The van der Waals surface area contributed by atoms with E-state index >= 15 is 0 Å². The molecule has 168 valence electrons. The summed E-state index contributed by atoms with van der Waals surface area (Å²) in [6.45, 7) is 8.73. The van der Waals surface area contributed by atoms with Gasteiger partial charge in [0.05, 0.1) is 32.1 Å². The van der Waals surface area contributed by atoms with Crippen molar-refractivity contribution in [2.45, 2.75) is 19.8 Å². The summed E-state index contributed by atoms with van der Waals surface area (Å²) in [5.74, 6) is -0.300. The quantitative estimate of drug-likeness (QED) is 0.420. The third-order valence-electron chi connectivity index (χ3n) is 6.05. The van der Waals surface area contributed by atoms with E-state index in [1.54, 1.807) is 12.4 Å². The molecule has 1 unspecified atom stereocenters. The number of morpholine rings is 1. The molecule has 0 bridgehead atoms. The van der Waals surface area contributed by atoms with Crippen LogP contribution in [0.1, 0.15) is 44.2 Å². The van der Waals surface area contributed by atoms with Gasteiger partial charge >= 0.3 is 0 Å². The van der Waals surface area contributed by atoms with Gasteiger partial charge in [0.2, 0.25) is 0 Å². The second-order valence-electron chi connectivity index (χ2n) is 8.09. The van der Waals surface area contributed by atoms with Crippen molar-refractivity contribution in [3.05, 3.63) is 88.5 Å². The molecule has 4 rings (SSSR count). The van der Waals surface area contributed by atoms with E-state index in [0.717, 1.165) is 44.1 Å². The number of hydroxylamine groups is 1. The maximum atomic E-state index is 12.7. The lowest BCUT2D eigenvalue weighted by molar-refractivity contribution is -0.00177. The van der Waals surface area contributed by atoms with Gasteiger partial charge in [0.1, 0.15) is 0 Å². The van der Waals surface area contributed by atoms with E-state index in [2.05, 4.69) is 52.4 Å². The first kappa shape index (κ1) is 22.2. The monoisotopic (exact) mass is 434 g/mol. The van der Waals surface area contributed by atoms with E-state index in [9.17, 15) is 4.79 Å². The van der Waals surface area contributed by atoms with Crippen molar-refractivity contribution in [1.82, 2.24) is 20.3 Å². The number of imidazole rings is 1. The minimum absolute atomic E-state index is 0.0487. The summed E-state index contributed by atoms with van der Waals surface area (Å²) in [7, 11) is 0. The Hall–Kier alpha value is -3.00. The second kappa shape index (κ2) is 10.5. The van der Waals surface area contributed by atoms with Gasteiger partial charge in [-0.2, -0.15) is 0 Å². The van der Waals surface area contributed by atoms with E-state index in [4.69, 9.17) is 9.57 Å². The molecule has 32 heavy (non-hydrogen) atoms. The molecule has 0 saturated carbocycles. The Morgan fingerprint density at radius 2 is 2.03 bits per heavy atom. The first-order valence-corrected chi connectivity index (χ1v) is 11.0. The molecule has 0 spiro atoms. The third-order valence-corrected chi connectivity index (χ3v) is 6.05. The summed E-state index contributed by atoms with van der Waals surface area (Å²) in [5, 5.41) is 0. The van der Waals surface area contributed by atoms with Gasteiger partial charge in [-0.25, -0.2) is 10.5 Å². The predicted octanol–water partition coefficient (Wildman–Crippen LogP) is 3.20. The molecule has 0 aliphatic carbocycles. The number of rotatable bonds is 8. The average molecular weight is 435 g/mol. The summed E-state index contributed by atoms with van der Waals surface area (Å²) < 4.78 is 5.35. The molecular formula is C25H30N4O3. The minimum atomic E-state index is -0.252. The van der Waals surface area contributed by atoms with Gasteiger partial charge in [-0.05, 0) is 48.2 Å². The Kier molecular flexibility index (Phi) is 7.32. The first-order chi connectivity index (χ1) is 15.6. The van der Waals surface area contributed by atoms with Crippen LogP contribution in [0.15, 0.2) is 55.0 Å². The van der Waals surface area contributed by atoms with E-state index in [1.165, 1.54) is 16.7 Å². The SMILES string of the molecule is Cc1cccc(C(c2cccc(C(=O)NOCCN3CCOCC3)c2)c2cnc[nH]2)c1C. The van der Waals surface area contributed by atoms with Crippen molar-refractivity contribution >= 4 is 5.91 Å². The van der Waals surface area contributed by atoms with E-state index in [0.29, 0.717) is 12.2 Å². The van der Waals surface area contributed by atoms with Crippen LogP contribution in [0.4, 0.5) is 0 Å². The number of ether oxygens (including phenoxy) is 1. The average Bonchev–Trinajstić information content (AvgIpc) is 3.35. The Morgan fingerprint density at radius 3 is 2.81 bits per heavy atom. The molecular weight excluding hydrogens is 404 g/mol. The number of H-pyrrole nitrogens is 1. The molecule has 1 aliphatic rings. The number of carbonyl (C=O) groups excluding carboxylic acids is 1. The highest BCUT2D eigenvalue weighted by atomic mass is 16.7. The predicted molar refractivity (Wildman–Crippen MR) is 123 cm³/mol. The molecule has 1 aliphatic heterocycles. The number of benzene rings is 2. The number of nitrogens with one attached hydrogen (secondary N) is 2. The standard InChI is InChI=1S/C25H30N4O3/c1-18-5-3-8-22(19(18)2)24(23-16-26-17-27-23)20-6-4-7-21(15-20)25(30)28-32-14-11-29-9-12-31-13-10-29/h3-8,15-17,24H,9-14H2,1-2H3,(H,26,27)(H,28,30). The summed E-state index contributed by atoms with van der Waals surface area (Å²) in [5.41, 5.74) is 8.79. The number of nitrogens with zero attached hydrogens (tertiary/aromatic N) is 2. The Balaban J connectivity index is 1.48. The zero-order chi connectivity index (χ0) is 22.3. The number of carbonyl (C=O) groups is 1. The van der Waals surface area contributed by atoms with Crippen LogP contribution in [-0.4, -0.2) is 60.2 Å². The van der Waals surface area contributed by atoms with Crippen LogP contribution in [0.5, 0.6) is 0 Å². The third kappa shape index (κ3) is 5.24. The van der Waals surface area contributed by atoms with Gasteiger partial charge in [0.25, 0.3) is 5.91 Å². The number of hydrogen-bond donors (Lipinski definition) is 2. The van der Waals surface area contributed by atoms with Crippen molar-refractivity contribution in [2.75, 3.05) is 39.5 Å². The molecule has 2 N–H and O–H groups in total. The topological polar surface area (TPSA) is 79.5 Å². The van der Waals surface area contributed by atoms with Crippen LogP contribution >= 0.6 is 0 Å². The molecule has 7 nitrogen and oxygen atoms in total. The maximum Gasteiger partial charge on any atom is 0.274 e. The van der Waals surface area contributed by atoms with Gasteiger partial charge in [-0.3, -0.25) is 14.5 Å². The highest BCUT2D eigenvalue weighted by molar-refractivity contribution is 5.93. The number of aryl methyl sites for hydroxylation is 1. The van der Waals surface area contributed by atoms with Crippen molar-refractivity contribution in [1.29, 1.82) is 0 Å². The number of amides is 1. The molecule has 1 amide bonds. The molecule has 1 fully saturated rings. The van der Waals surface area contributed by atoms with Gasteiger partial charge in [-0.15, -0.1) is 0 Å². The van der Waals surface area contributed by atoms with Gasteiger partial charge in [0.15, 0.2) is 0 Å². The Morgan fingerprint density at radius 1 is 1.22 bits per heavy atom. The van der Waals surface area contributed by atoms with Crippen molar-refractivity contribution in [3.63, 3.8) is 0 Å². The summed E-state index contributed by atoms with van der Waals surface area (Å²) in [6.07, 6.45) is 3.53. The van der Waals surface area contributed by atoms with E-state index in [-0.39, 0.29) is 11.8 Å². The molecule has 1 atom stereocenters. The maximum absolute atomic E-state index is 12.7. The summed E-state index contributed by atoms with van der Waals surface area (Å²) in [4.78, 5) is 27.9. The Labute approximate surface area is 188 Å². The fraction of sp³-hybridized carbons (Fsp3) is 0.360. The zero-order valence-electron chi connectivity index (χ0n) is 18.6. The lowest BCUT2D eigenvalue weighted by Crippen LogP contribution is -2.39. The fourth-order valence-corrected chi connectivity index (χ4v) is 4.07. The lowest BCUT2D eigenvalue weighted by Gasteiger charge is -2.26. The largest absolute Gasteiger partial charge is 0.379 e. The zero-order valence-corrected chi connectivity index (χ0v) is 18.6. The van der Waals surface area contributed by atoms with Crippen molar-refractivity contribution < 1.29 is 14.4 Å². The van der Waals surface area contributed by atoms with Crippen LogP contribution in [0.2, 0.25) is 0 Å². The smallest absolute Gasteiger partial charge is 0.274 e. The first-order valence-electron chi connectivity index (χ1n) is 11.0. The summed E-state index contributed by atoms with van der Waals surface area (Å²) in [6, 6.07) is 14.0. The van der Waals surface area contributed by atoms with Gasteiger partial charge in [0, 0.05) is 37.1 Å². The van der Waals surface area contributed by atoms with E-state index in [1.807, 2.05) is 24.4 Å². The number of aromatic amines is 1. The molecule has 7 heteroatoms. The van der Waals surface area contributed by atoms with Gasteiger partial charge < -0.3 is 9.72 Å². The van der Waals surface area contributed by atoms with Gasteiger partial charge in [-0.1, -0.05) is 30.3 Å². The molecule has 3 aromatic rings. The van der Waals surface area contributed by atoms with Crippen molar-refractivity contribution in [2.24, 2.45) is 0 Å². The minimum Gasteiger partial charge on any atom is -0.379 e. The second-order valence-corrected chi connectivity index (χ2v) is 8.09. The van der Waals surface area contributed by atoms with Crippen LogP contribution in [0, 0.1) is 13.8 Å². The lowest BCUT2D eigenvalue weighted by atomic mass is 9.84. The molecule has 1 saturated heterocycles.